The van der Waals surface area contributed by atoms with Crippen LogP contribution in [0.25, 0.3) is 0 Å². The quantitative estimate of drug-likeness (QED) is 0.425. The fourth-order valence-corrected chi connectivity index (χ4v) is 2.06. The molecule has 0 amide bonds. The van der Waals surface area contributed by atoms with Crippen molar-refractivity contribution in [3.8, 4) is 0 Å². The van der Waals surface area contributed by atoms with Gasteiger partial charge in [0.15, 0.2) is 0 Å². The Kier molecular flexibility index (Phi) is 11.4. The van der Waals surface area contributed by atoms with E-state index in [2.05, 4.69) is 5.73 Å². The zero-order valence-corrected chi connectivity index (χ0v) is 13.9. The SMILES string of the molecule is NC1CCCCC1.NCC(=O)O.O=Cc1ccc(Cl)c([N+](=O)[O-])c1. The molecular weight excluding hydrogens is 338 g/mol. The summed E-state index contributed by atoms with van der Waals surface area (Å²) in [4.78, 5) is 29.1. The van der Waals surface area contributed by atoms with Crippen molar-refractivity contribution >= 4 is 29.5 Å². The molecule has 0 aromatic heterocycles. The third kappa shape index (κ3) is 9.88. The van der Waals surface area contributed by atoms with Crippen molar-refractivity contribution < 1.29 is 19.6 Å². The van der Waals surface area contributed by atoms with Gasteiger partial charge in [0.25, 0.3) is 5.69 Å². The highest BCUT2D eigenvalue weighted by molar-refractivity contribution is 6.32. The van der Waals surface area contributed by atoms with Crippen LogP contribution in [0.2, 0.25) is 5.02 Å². The van der Waals surface area contributed by atoms with Crippen molar-refractivity contribution in [1.29, 1.82) is 0 Å². The van der Waals surface area contributed by atoms with Crippen LogP contribution >= 0.6 is 11.6 Å². The van der Waals surface area contributed by atoms with Crippen molar-refractivity contribution in [2.75, 3.05) is 6.54 Å². The summed E-state index contributed by atoms with van der Waals surface area (Å²) in [6, 6.07) is 4.41. The number of hydrogen-bond donors (Lipinski definition) is 3. The second-order valence-electron chi connectivity index (χ2n) is 5.08. The van der Waals surface area contributed by atoms with E-state index in [4.69, 9.17) is 22.4 Å². The molecule has 8 nitrogen and oxygen atoms in total. The third-order valence-corrected chi connectivity index (χ3v) is 3.45. The zero-order valence-electron chi connectivity index (χ0n) is 13.2. The van der Waals surface area contributed by atoms with Crippen molar-refractivity contribution in [3.05, 3.63) is 38.9 Å². The van der Waals surface area contributed by atoms with Gasteiger partial charge in [0, 0.05) is 17.7 Å². The van der Waals surface area contributed by atoms with Crippen molar-refractivity contribution in [2.45, 2.75) is 38.1 Å². The fourth-order valence-electron chi connectivity index (χ4n) is 1.88. The van der Waals surface area contributed by atoms with Gasteiger partial charge in [-0.1, -0.05) is 30.9 Å². The number of nitrogens with two attached hydrogens (primary N) is 2. The first-order valence-corrected chi connectivity index (χ1v) is 7.76. The Balaban J connectivity index is 0.000000373. The molecule has 1 aliphatic carbocycles. The minimum absolute atomic E-state index is 0.0330. The Morgan fingerprint density at radius 3 is 2.25 bits per heavy atom. The molecule has 0 radical (unpaired) electrons. The summed E-state index contributed by atoms with van der Waals surface area (Å²) in [6.45, 7) is -0.278. The molecule has 134 valence electrons. The van der Waals surface area contributed by atoms with Crippen molar-refractivity contribution in [1.82, 2.24) is 0 Å². The van der Waals surface area contributed by atoms with E-state index in [0.29, 0.717) is 12.3 Å². The summed E-state index contributed by atoms with van der Waals surface area (Å²) >= 11 is 5.49. The molecule has 1 saturated carbocycles. The van der Waals surface area contributed by atoms with Crippen LogP contribution in [-0.2, 0) is 4.79 Å². The highest BCUT2D eigenvalue weighted by Crippen LogP contribution is 2.24. The van der Waals surface area contributed by atoms with E-state index >= 15 is 0 Å². The van der Waals surface area contributed by atoms with Crippen LogP contribution in [0.15, 0.2) is 18.2 Å². The molecule has 5 N–H and O–H groups in total. The van der Waals surface area contributed by atoms with E-state index < -0.39 is 10.9 Å². The lowest BCUT2D eigenvalue weighted by atomic mass is 9.97. The average Bonchev–Trinajstić information content (AvgIpc) is 2.57. The number of benzene rings is 1. The first-order chi connectivity index (χ1) is 11.3. The smallest absolute Gasteiger partial charge is 0.317 e. The molecule has 0 spiro atoms. The number of nitrogens with zero attached hydrogens (tertiary/aromatic N) is 1. The molecule has 0 heterocycles. The Morgan fingerprint density at radius 1 is 1.38 bits per heavy atom. The van der Waals surface area contributed by atoms with E-state index in [-0.39, 0.29) is 22.8 Å². The fraction of sp³-hybridized carbons (Fsp3) is 0.467. The lowest BCUT2D eigenvalue weighted by Gasteiger charge is -2.15. The number of carbonyl (C=O) groups excluding carboxylic acids is 1. The Hall–Kier alpha value is -2.03. The van der Waals surface area contributed by atoms with Crippen LogP contribution in [0.1, 0.15) is 42.5 Å². The lowest BCUT2D eigenvalue weighted by Crippen LogP contribution is -2.22. The number of rotatable bonds is 3. The molecule has 1 aromatic rings. The number of aliphatic carboxylic acids is 1. The second-order valence-corrected chi connectivity index (χ2v) is 5.49. The Morgan fingerprint density at radius 2 is 1.92 bits per heavy atom. The second kappa shape index (κ2) is 12.4. The van der Waals surface area contributed by atoms with Crippen LogP contribution in [0.3, 0.4) is 0 Å². The van der Waals surface area contributed by atoms with E-state index in [1.54, 1.807) is 0 Å². The molecular formula is C15H22ClN3O5. The van der Waals surface area contributed by atoms with Crippen LogP contribution in [0, 0.1) is 10.1 Å². The summed E-state index contributed by atoms with van der Waals surface area (Å²) in [5.74, 6) is -0.968. The largest absolute Gasteiger partial charge is 0.480 e. The molecule has 1 fully saturated rings. The van der Waals surface area contributed by atoms with Gasteiger partial charge >= 0.3 is 5.97 Å². The van der Waals surface area contributed by atoms with Gasteiger partial charge in [-0.15, -0.1) is 0 Å². The standard InChI is InChI=1S/C7H4ClNO3.C6H13N.C2H5NO2/c8-6-2-1-5(4-10)3-7(6)9(11)12;7-6-4-2-1-3-5-6;3-1-2(4)5/h1-4H;6H,1-5,7H2;1,3H2,(H,4,5). The summed E-state index contributed by atoms with van der Waals surface area (Å²) in [5, 5.41) is 17.9. The van der Waals surface area contributed by atoms with Crippen LogP contribution < -0.4 is 11.5 Å². The molecule has 0 bridgehead atoms. The summed E-state index contributed by atoms with van der Waals surface area (Å²) in [7, 11) is 0. The van der Waals surface area contributed by atoms with Crippen LogP contribution in [0.4, 0.5) is 5.69 Å². The van der Waals surface area contributed by atoms with Gasteiger partial charge in [-0.05, 0) is 25.0 Å². The predicted octanol–water partition coefficient (Wildman–Crippen LogP) is 2.37. The van der Waals surface area contributed by atoms with Gasteiger partial charge in [-0.2, -0.15) is 0 Å². The third-order valence-electron chi connectivity index (χ3n) is 3.13. The highest BCUT2D eigenvalue weighted by Gasteiger charge is 2.11. The molecule has 0 saturated heterocycles. The van der Waals surface area contributed by atoms with Gasteiger partial charge < -0.3 is 16.6 Å². The molecule has 0 atom stereocenters. The minimum Gasteiger partial charge on any atom is -0.480 e. The Bertz CT molecular complexity index is 548. The van der Waals surface area contributed by atoms with Crippen LogP contribution in [0.5, 0.6) is 0 Å². The van der Waals surface area contributed by atoms with Gasteiger partial charge in [-0.3, -0.25) is 19.7 Å². The number of aldehydes is 1. The number of hydrogen-bond acceptors (Lipinski definition) is 6. The van der Waals surface area contributed by atoms with Gasteiger partial charge in [-0.25, -0.2) is 0 Å². The average molecular weight is 360 g/mol. The zero-order chi connectivity index (χ0) is 18.5. The summed E-state index contributed by atoms with van der Waals surface area (Å²) < 4.78 is 0. The van der Waals surface area contributed by atoms with Gasteiger partial charge in [0.2, 0.25) is 0 Å². The number of carboxylic acids is 1. The number of carboxylic acid groups (broad SMARTS) is 1. The molecule has 9 heteroatoms. The number of halogens is 1. The first-order valence-electron chi connectivity index (χ1n) is 7.38. The maximum Gasteiger partial charge on any atom is 0.317 e. The maximum atomic E-state index is 10.3. The van der Waals surface area contributed by atoms with E-state index in [1.807, 2.05) is 0 Å². The summed E-state index contributed by atoms with van der Waals surface area (Å²) in [5.41, 5.74) is 10.2. The van der Waals surface area contributed by atoms with Crippen molar-refractivity contribution in [2.24, 2.45) is 11.5 Å². The molecule has 1 aromatic carbocycles. The molecule has 24 heavy (non-hydrogen) atoms. The number of carbonyl (C=O) groups is 2. The number of nitro groups is 1. The Labute approximate surface area is 144 Å². The van der Waals surface area contributed by atoms with Crippen molar-refractivity contribution in [3.63, 3.8) is 0 Å². The van der Waals surface area contributed by atoms with Crippen LogP contribution in [-0.4, -0.2) is 34.9 Å². The summed E-state index contributed by atoms with van der Waals surface area (Å²) in [6.07, 6.45) is 7.19. The minimum atomic E-state index is -0.968. The molecule has 0 aliphatic heterocycles. The van der Waals surface area contributed by atoms with Gasteiger partial charge in [0.1, 0.15) is 11.3 Å². The first kappa shape index (κ1) is 22.0. The predicted molar refractivity (Wildman–Crippen MR) is 91.2 cm³/mol. The lowest BCUT2D eigenvalue weighted by molar-refractivity contribution is -0.384. The normalized spacial score (nSPS) is 13.6. The topological polar surface area (TPSA) is 150 Å². The monoisotopic (exact) mass is 359 g/mol. The van der Waals surface area contributed by atoms with E-state index in [1.165, 1.54) is 44.2 Å². The van der Waals surface area contributed by atoms with E-state index in [9.17, 15) is 19.7 Å². The number of nitro benzene ring substituents is 1. The van der Waals surface area contributed by atoms with Gasteiger partial charge in [0.05, 0.1) is 11.5 Å². The molecule has 0 unspecified atom stereocenters. The molecule has 2 rings (SSSR count). The molecule has 1 aliphatic rings. The highest BCUT2D eigenvalue weighted by atomic mass is 35.5. The maximum absolute atomic E-state index is 10.3. The van der Waals surface area contributed by atoms with E-state index in [0.717, 1.165) is 6.07 Å².